The predicted octanol–water partition coefficient (Wildman–Crippen LogP) is 5.22. The summed E-state index contributed by atoms with van der Waals surface area (Å²) in [6, 6.07) is 17.6. The van der Waals surface area contributed by atoms with Crippen molar-refractivity contribution in [2.45, 2.75) is 0 Å². The minimum atomic E-state index is -0.290. The van der Waals surface area contributed by atoms with Gasteiger partial charge in [0.2, 0.25) is 0 Å². The summed E-state index contributed by atoms with van der Waals surface area (Å²) in [6.07, 6.45) is 3.40. The van der Waals surface area contributed by atoms with Crippen molar-refractivity contribution in [2.24, 2.45) is 0 Å². The highest BCUT2D eigenvalue weighted by Gasteiger charge is 2.20. The van der Waals surface area contributed by atoms with E-state index in [2.05, 4.69) is 10.1 Å². The molecule has 0 radical (unpaired) electrons. The van der Waals surface area contributed by atoms with Crippen molar-refractivity contribution in [3.8, 4) is 39.5 Å². The fraction of sp³-hybridized carbons (Fsp3) is 0.0476. The van der Waals surface area contributed by atoms with Crippen LogP contribution in [0.4, 0.5) is 4.39 Å². The van der Waals surface area contributed by atoms with E-state index in [0.717, 1.165) is 28.0 Å². The summed E-state index contributed by atoms with van der Waals surface area (Å²) < 4.78 is 24.3. The zero-order valence-corrected chi connectivity index (χ0v) is 14.0. The lowest BCUT2D eigenvalue weighted by Gasteiger charge is -2.06. The van der Waals surface area contributed by atoms with E-state index in [1.165, 1.54) is 12.1 Å². The summed E-state index contributed by atoms with van der Waals surface area (Å²) >= 11 is 0. The van der Waals surface area contributed by atoms with Gasteiger partial charge in [-0.05, 0) is 54.1 Å². The van der Waals surface area contributed by atoms with Gasteiger partial charge in [0.15, 0.2) is 5.76 Å². The highest BCUT2D eigenvalue weighted by molar-refractivity contribution is 5.90. The van der Waals surface area contributed by atoms with Crippen LogP contribution in [-0.2, 0) is 0 Å². The van der Waals surface area contributed by atoms with Gasteiger partial charge in [0.25, 0.3) is 0 Å². The summed E-state index contributed by atoms with van der Waals surface area (Å²) in [4.78, 5) is 4.05. The largest absolute Gasteiger partial charge is 0.497 e. The molecule has 0 aliphatic rings. The first-order valence-corrected chi connectivity index (χ1v) is 8.06. The average molecular weight is 346 g/mol. The summed E-state index contributed by atoms with van der Waals surface area (Å²) in [6.45, 7) is 0. The number of halogens is 1. The van der Waals surface area contributed by atoms with Gasteiger partial charge >= 0.3 is 0 Å². The first-order chi connectivity index (χ1) is 12.8. The normalized spacial score (nSPS) is 10.7. The minimum Gasteiger partial charge on any atom is -0.497 e. The number of ether oxygens (including phenoxy) is 1. The van der Waals surface area contributed by atoms with Crippen molar-refractivity contribution >= 4 is 0 Å². The van der Waals surface area contributed by atoms with Crippen LogP contribution in [0.5, 0.6) is 5.75 Å². The Morgan fingerprint density at radius 1 is 0.808 bits per heavy atom. The molecule has 5 heteroatoms. The number of pyridine rings is 1. The topological polar surface area (TPSA) is 48.2 Å². The standard InChI is InChI=1S/C21H15FN2O2/c1-25-18-8-4-16(5-9-18)21-19(14-2-6-17(22)7-3-14)20(24-26-21)15-10-12-23-13-11-15/h2-13H,1H3. The second-order valence-corrected chi connectivity index (χ2v) is 5.71. The SMILES string of the molecule is COc1ccc(-c2onc(-c3ccncc3)c2-c2ccc(F)cc2)cc1. The van der Waals surface area contributed by atoms with Crippen LogP contribution >= 0.6 is 0 Å². The van der Waals surface area contributed by atoms with Gasteiger partial charge in [0, 0.05) is 23.5 Å². The van der Waals surface area contributed by atoms with Gasteiger partial charge in [-0.3, -0.25) is 4.98 Å². The van der Waals surface area contributed by atoms with Gasteiger partial charge in [0.05, 0.1) is 12.7 Å². The maximum atomic E-state index is 13.4. The van der Waals surface area contributed by atoms with E-state index in [9.17, 15) is 4.39 Å². The van der Waals surface area contributed by atoms with Crippen LogP contribution in [-0.4, -0.2) is 17.3 Å². The molecular formula is C21H15FN2O2. The molecule has 128 valence electrons. The number of benzene rings is 2. The lowest BCUT2D eigenvalue weighted by molar-refractivity contribution is 0.414. The molecule has 4 aromatic rings. The second-order valence-electron chi connectivity index (χ2n) is 5.71. The number of nitrogens with zero attached hydrogens (tertiary/aromatic N) is 2. The molecule has 0 N–H and O–H groups in total. The average Bonchev–Trinajstić information content (AvgIpc) is 3.14. The lowest BCUT2D eigenvalue weighted by atomic mass is 9.97. The van der Waals surface area contributed by atoms with Crippen LogP contribution in [0.15, 0.2) is 77.6 Å². The third kappa shape index (κ3) is 2.95. The van der Waals surface area contributed by atoms with E-state index in [1.807, 2.05) is 36.4 Å². The van der Waals surface area contributed by atoms with Gasteiger partial charge in [-0.25, -0.2) is 4.39 Å². The zero-order valence-electron chi connectivity index (χ0n) is 14.0. The predicted molar refractivity (Wildman–Crippen MR) is 97.1 cm³/mol. The number of rotatable bonds is 4. The third-order valence-corrected chi connectivity index (χ3v) is 4.13. The summed E-state index contributed by atoms with van der Waals surface area (Å²) in [5.74, 6) is 1.08. The molecule has 0 fully saturated rings. The Bertz CT molecular complexity index is 1010. The quantitative estimate of drug-likeness (QED) is 0.508. The van der Waals surface area contributed by atoms with Crippen molar-refractivity contribution in [1.29, 1.82) is 0 Å². The van der Waals surface area contributed by atoms with Crippen molar-refractivity contribution < 1.29 is 13.7 Å². The number of aromatic nitrogens is 2. The van der Waals surface area contributed by atoms with Gasteiger partial charge in [-0.15, -0.1) is 0 Å². The fourth-order valence-corrected chi connectivity index (χ4v) is 2.82. The molecule has 0 aliphatic carbocycles. The van der Waals surface area contributed by atoms with Crippen molar-refractivity contribution in [3.05, 3.63) is 78.9 Å². The number of methoxy groups -OCH3 is 1. The fourth-order valence-electron chi connectivity index (χ4n) is 2.82. The van der Waals surface area contributed by atoms with E-state index in [0.29, 0.717) is 11.5 Å². The summed E-state index contributed by atoms with van der Waals surface area (Å²) in [5, 5.41) is 4.28. The van der Waals surface area contributed by atoms with Gasteiger partial charge in [-0.2, -0.15) is 0 Å². The Balaban J connectivity index is 1.91. The Morgan fingerprint density at radius 2 is 1.46 bits per heavy atom. The maximum Gasteiger partial charge on any atom is 0.175 e. The highest BCUT2D eigenvalue weighted by atomic mass is 19.1. The van der Waals surface area contributed by atoms with Crippen LogP contribution in [0.3, 0.4) is 0 Å². The lowest BCUT2D eigenvalue weighted by Crippen LogP contribution is -1.87. The van der Waals surface area contributed by atoms with Crippen LogP contribution in [0, 0.1) is 5.82 Å². The molecule has 0 aliphatic heterocycles. The maximum absolute atomic E-state index is 13.4. The molecule has 0 amide bonds. The van der Waals surface area contributed by atoms with Gasteiger partial charge in [-0.1, -0.05) is 17.3 Å². The second kappa shape index (κ2) is 6.80. The summed E-state index contributed by atoms with van der Waals surface area (Å²) in [7, 11) is 1.62. The highest BCUT2D eigenvalue weighted by Crippen LogP contribution is 2.40. The van der Waals surface area contributed by atoms with E-state index >= 15 is 0 Å². The zero-order chi connectivity index (χ0) is 17.9. The molecule has 2 aromatic heterocycles. The Kier molecular flexibility index (Phi) is 4.19. The van der Waals surface area contributed by atoms with Crippen LogP contribution < -0.4 is 4.74 Å². The molecule has 26 heavy (non-hydrogen) atoms. The van der Waals surface area contributed by atoms with Crippen LogP contribution in [0.1, 0.15) is 0 Å². The number of hydrogen-bond donors (Lipinski definition) is 0. The minimum absolute atomic E-state index is 0.290. The molecule has 0 bridgehead atoms. The van der Waals surface area contributed by atoms with Crippen molar-refractivity contribution in [1.82, 2.24) is 10.1 Å². The summed E-state index contributed by atoms with van der Waals surface area (Å²) in [5.41, 5.74) is 4.05. The van der Waals surface area contributed by atoms with E-state index in [-0.39, 0.29) is 5.82 Å². The first kappa shape index (κ1) is 16.0. The van der Waals surface area contributed by atoms with Crippen molar-refractivity contribution in [3.63, 3.8) is 0 Å². The molecule has 0 spiro atoms. The monoisotopic (exact) mass is 346 g/mol. The van der Waals surface area contributed by atoms with Crippen LogP contribution in [0.2, 0.25) is 0 Å². The molecule has 4 nitrogen and oxygen atoms in total. The van der Waals surface area contributed by atoms with Gasteiger partial charge < -0.3 is 9.26 Å². The Morgan fingerprint density at radius 3 is 2.12 bits per heavy atom. The van der Waals surface area contributed by atoms with E-state index < -0.39 is 0 Å². The molecule has 0 saturated carbocycles. The molecule has 0 unspecified atom stereocenters. The Labute approximate surface area is 149 Å². The number of hydrogen-bond acceptors (Lipinski definition) is 4. The third-order valence-electron chi connectivity index (χ3n) is 4.13. The smallest absolute Gasteiger partial charge is 0.175 e. The molecule has 0 saturated heterocycles. The van der Waals surface area contributed by atoms with E-state index in [4.69, 9.17) is 9.26 Å². The van der Waals surface area contributed by atoms with E-state index in [1.54, 1.807) is 31.6 Å². The van der Waals surface area contributed by atoms with Crippen LogP contribution in [0.25, 0.3) is 33.7 Å². The molecular weight excluding hydrogens is 331 g/mol. The Hall–Kier alpha value is -3.47. The van der Waals surface area contributed by atoms with Crippen molar-refractivity contribution in [2.75, 3.05) is 7.11 Å². The molecule has 0 atom stereocenters. The molecule has 2 heterocycles. The first-order valence-electron chi connectivity index (χ1n) is 8.06. The molecule has 2 aromatic carbocycles. The van der Waals surface area contributed by atoms with Gasteiger partial charge in [0.1, 0.15) is 17.3 Å². The molecule has 4 rings (SSSR count).